The monoisotopic (exact) mass is 370 g/mol. The van der Waals surface area contributed by atoms with Crippen molar-refractivity contribution in [2.45, 2.75) is 32.2 Å². The van der Waals surface area contributed by atoms with Gasteiger partial charge >= 0.3 is 6.18 Å². The van der Waals surface area contributed by atoms with E-state index in [0.717, 1.165) is 12.1 Å². The van der Waals surface area contributed by atoms with Crippen LogP contribution in [0.5, 0.6) is 5.75 Å². The molecule has 138 valence electrons. The van der Waals surface area contributed by atoms with Gasteiger partial charge in [-0.2, -0.15) is 13.2 Å². The van der Waals surface area contributed by atoms with Crippen molar-refractivity contribution in [1.82, 2.24) is 5.32 Å². The molecule has 1 aromatic rings. The lowest BCUT2D eigenvalue weighted by Gasteiger charge is -2.18. The highest BCUT2D eigenvalue weighted by Crippen LogP contribution is 2.30. The maximum Gasteiger partial charge on any atom is 0.416 e. The molecule has 5 nitrogen and oxygen atoms in total. The predicted molar refractivity (Wildman–Crippen MR) is 86.0 cm³/mol. The lowest BCUT2D eigenvalue weighted by atomic mass is 10.1. The third-order valence-electron chi connectivity index (χ3n) is 3.16. The normalized spacial score (nSPS) is 13.8. The third kappa shape index (κ3) is 7.37. The number of ether oxygens (including phenoxy) is 1. The fourth-order valence-electron chi connectivity index (χ4n) is 1.63. The smallest absolute Gasteiger partial charge is 0.416 e. The van der Waals surface area contributed by atoms with Crippen LogP contribution >= 0.6 is 12.4 Å². The van der Waals surface area contributed by atoms with E-state index in [-0.39, 0.29) is 43.1 Å². The Labute approximate surface area is 144 Å². The number of nitrogens with one attached hydrogen (secondary N) is 1. The fraction of sp³-hybridized carbons (Fsp3) is 0.533. The highest BCUT2D eigenvalue weighted by atomic mass is 35.5. The van der Waals surface area contributed by atoms with Crippen LogP contribution < -0.4 is 15.8 Å². The van der Waals surface area contributed by atoms with Gasteiger partial charge in [0.25, 0.3) is 0 Å². The maximum absolute atomic E-state index is 12.4. The molecule has 1 amide bonds. The number of aliphatic hydroxyl groups is 1. The molecule has 0 aromatic heterocycles. The van der Waals surface area contributed by atoms with Crippen LogP contribution in [0.3, 0.4) is 0 Å². The third-order valence-corrected chi connectivity index (χ3v) is 3.16. The molecule has 0 aliphatic carbocycles. The molecular weight excluding hydrogens is 349 g/mol. The second kappa shape index (κ2) is 9.71. The van der Waals surface area contributed by atoms with Gasteiger partial charge in [0.15, 0.2) is 0 Å². The Kier molecular flexibility index (Phi) is 9.09. The summed E-state index contributed by atoms with van der Waals surface area (Å²) in [7, 11) is 0. The molecule has 0 saturated heterocycles. The Morgan fingerprint density at radius 1 is 1.29 bits per heavy atom. The van der Waals surface area contributed by atoms with Crippen LogP contribution in [0, 0.1) is 5.92 Å². The Morgan fingerprint density at radius 3 is 2.29 bits per heavy atom. The van der Waals surface area contributed by atoms with Gasteiger partial charge in [-0.3, -0.25) is 4.79 Å². The zero-order chi connectivity index (χ0) is 17.6. The van der Waals surface area contributed by atoms with Crippen molar-refractivity contribution in [2.75, 3.05) is 13.2 Å². The lowest BCUT2D eigenvalue weighted by Crippen LogP contribution is -2.46. The summed E-state index contributed by atoms with van der Waals surface area (Å²) >= 11 is 0. The number of hydrogen-bond acceptors (Lipinski definition) is 4. The summed E-state index contributed by atoms with van der Waals surface area (Å²) in [4.78, 5) is 11.6. The number of benzene rings is 1. The maximum atomic E-state index is 12.4. The average Bonchev–Trinajstić information content (AvgIpc) is 2.49. The first-order chi connectivity index (χ1) is 10.6. The highest BCUT2D eigenvalue weighted by Gasteiger charge is 2.30. The van der Waals surface area contributed by atoms with Crippen molar-refractivity contribution in [3.63, 3.8) is 0 Å². The summed E-state index contributed by atoms with van der Waals surface area (Å²) in [5.41, 5.74) is 4.87. The molecule has 9 heteroatoms. The number of amides is 1. The van der Waals surface area contributed by atoms with Crippen LogP contribution in [0.4, 0.5) is 13.2 Å². The number of alkyl halides is 3. The molecule has 24 heavy (non-hydrogen) atoms. The molecule has 0 radical (unpaired) electrons. The average molecular weight is 371 g/mol. The second-order valence-corrected chi connectivity index (χ2v) is 5.50. The first kappa shape index (κ1) is 22.5. The number of halogens is 4. The molecule has 1 aromatic carbocycles. The zero-order valence-electron chi connectivity index (χ0n) is 13.3. The summed E-state index contributed by atoms with van der Waals surface area (Å²) in [6.07, 6.45) is -5.40. The van der Waals surface area contributed by atoms with Crippen molar-refractivity contribution in [1.29, 1.82) is 0 Å². The molecule has 0 heterocycles. The van der Waals surface area contributed by atoms with Crippen LogP contribution in [-0.4, -0.2) is 36.3 Å². The molecule has 1 unspecified atom stereocenters. The standard InChI is InChI=1S/C15H21F3N2O3.ClH/c1-9(2)13(19)14(22)20-7-11(21)8-23-12-5-3-10(4-6-12)15(16,17)18;/h3-6,9,11,13,21H,7-8,19H2,1-2H3,(H,20,22);1H/t11?,13-;/m0./s1. The van der Waals surface area contributed by atoms with Gasteiger partial charge in [0.2, 0.25) is 5.91 Å². The van der Waals surface area contributed by atoms with Crippen LogP contribution in [0.25, 0.3) is 0 Å². The Balaban J connectivity index is 0.00000529. The summed E-state index contributed by atoms with van der Waals surface area (Å²) in [5, 5.41) is 12.2. The van der Waals surface area contributed by atoms with Gasteiger partial charge in [-0.05, 0) is 30.2 Å². The number of hydrogen-bond donors (Lipinski definition) is 3. The van der Waals surface area contributed by atoms with Gasteiger partial charge in [0, 0.05) is 6.54 Å². The van der Waals surface area contributed by atoms with E-state index in [1.165, 1.54) is 12.1 Å². The van der Waals surface area contributed by atoms with Crippen molar-refractivity contribution >= 4 is 18.3 Å². The molecular formula is C15H22ClF3N2O3. The van der Waals surface area contributed by atoms with Crippen LogP contribution in [-0.2, 0) is 11.0 Å². The Morgan fingerprint density at radius 2 is 1.83 bits per heavy atom. The number of carbonyl (C=O) groups excluding carboxylic acids is 1. The first-order valence-electron chi connectivity index (χ1n) is 7.12. The number of aliphatic hydroxyl groups excluding tert-OH is 1. The molecule has 0 aliphatic heterocycles. The van der Waals surface area contributed by atoms with Gasteiger partial charge in [0.1, 0.15) is 18.5 Å². The fourth-order valence-corrected chi connectivity index (χ4v) is 1.63. The topological polar surface area (TPSA) is 84.6 Å². The van der Waals surface area contributed by atoms with Crippen molar-refractivity contribution in [3.8, 4) is 5.75 Å². The van der Waals surface area contributed by atoms with E-state index in [0.29, 0.717) is 0 Å². The summed E-state index contributed by atoms with van der Waals surface area (Å²) in [5.74, 6) is -0.216. The minimum atomic E-state index is -4.41. The van der Waals surface area contributed by atoms with E-state index in [1.54, 1.807) is 13.8 Å². The Bertz CT molecular complexity index is 510. The molecule has 0 bridgehead atoms. The highest BCUT2D eigenvalue weighted by molar-refractivity contribution is 5.85. The van der Waals surface area contributed by atoms with E-state index in [1.807, 2.05) is 0 Å². The molecule has 4 N–H and O–H groups in total. The minimum absolute atomic E-state index is 0. The molecule has 0 aliphatic rings. The predicted octanol–water partition coefficient (Wildman–Crippen LogP) is 1.97. The van der Waals surface area contributed by atoms with Crippen molar-refractivity contribution < 1.29 is 27.8 Å². The van der Waals surface area contributed by atoms with E-state index in [4.69, 9.17) is 10.5 Å². The zero-order valence-corrected chi connectivity index (χ0v) is 14.2. The van der Waals surface area contributed by atoms with Gasteiger partial charge in [-0.1, -0.05) is 13.8 Å². The van der Waals surface area contributed by atoms with E-state index < -0.39 is 23.9 Å². The van der Waals surface area contributed by atoms with Crippen molar-refractivity contribution in [3.05, 3.63) is 29.8 Å². The SMILES string of the molecule is CC(C)[C@H](N)C(=O)NCC(O)COc1ccc(C(F)(F)F)cc1.Cl. The quantitative estimate of drug-likeness (QED) is 0.685. The number of nitrogens with two attached hydrogens (primary N) is 1. The van der Waals surface area contributed by atoms with Gasteiger partial charge in [0.05, 0.1) is 11.6 Å². The largest absolute Gasteiger partial charge is 0.491 e. The van der Waals surface area contributed by atoms with Gasteiger partial charge < -0.3 is 20.9 Å². The second-order valence-electron chi connectivity index (χ2n) is 5.50. The van der Waals surface area contributed by atoms with E-state index in [9.17, 15) is 23.1 Å². The van der Waals surface area contributed by atoms with Crippen LogP contribution in [0.2, 0.25) is 0 Å². The van der Waals surface area contributed by atoms with Crippen LogP contribution in [0.15, 0.2) is 24.3 Å². The Hall–Kier alpha value is -1.51. The summed E-state index contributed by atoms with van der Waals surface area (Å²) < 4.78 is 42.4. The summed E-state index contributed by atoms with van der Waals surface area (Å²) in [6.45, 7) is 3.38. The van der Waals surface area contributed by atoms with Crippen LogP contribution in [0.1, 0.15) is 19.4 Å². The van der Waals surface area contributed by atoms with Crippen molar-refractivity contribution in [2.24, 2.45) is 11.7 Å². The molecule has 0 spiro atoms. The minimum Gasteiger partial charge on any atom is -0.491 e. The molecule has 2 atom stereocenters. The molecule has 0 saturated carbocycles. The molecule has 0 fully saturated rings. The lowest BCUT2D eigenvalue weighted by molar-refractivity contribution is -0.137. The molecule has 1 rings (SSSR count). The van der Waals surface area contributed by atoms with Gasteiger partial charge in [-0.15, -0.1) is 12.4 Å². The number of carbonyl (C=O) groups is 1. The number of rotatable bonds is 7. The summed E-state index contributed by atoms with van der Waals surface area (Å²) in [6, 6.07) is 3.46. The first-order valence-corrected chi connectivity index (χ1v) is 7.12. The van der Waals surface area contributed by atoms with E-state index in [2.05, 4.69) is 5.32 Å². The van der Waals surface area contributed by atoms with Gasteiger partial charge in [-0.25, -0.2) is 0 Å². The van der Waals surface area contributed by atoms with E-state index >= 15 is 0 Å².